The lowest BCUT2D eigenvalue weighted by Gasteiger charge is -2.10. The lowest BCUT2D eigenvalue weighted by atomic mass is 10.1. The molecule has 1 heterocycles. The van der Waals surface area contributed by atoms with Gasteiger partial charge in [-0.1, -0.05) is 48.0 Å². The fourth-order valence-corrected chi connectivity index (χ4v) is 2.69. The molecule has 25 heavy (non-hydrogen) atoms. The van der Waals surface area contributed by atoms with Crippen LogP contribution in [0.2, 0.25) is 5.02 Å². The molecule has 2 aromatic carbocycles. The van der Waals surface area contributed by atoms with Gasteiger partial charge in [-0.05, 0) is 25.1 Å². The molecule has 0 saturated heterocycles. The zero-order valence-corrected chi connectivity index (χ0v) is 14.5. The summed E-state index contributed by atoms with van der Waals surface area (Å²) in [6, 6.07) is 16.7. The van der Waals surface area contributed by atoms with Gasteiger partial charge in [0.1, 0.15) is 11.4 Å². The number of para-hydroxylation sites is 1. The largest absolute Gasteiger partial charge is 0.494 e. The molecule has 0 fully saturated rings. The van der Waals surface area contributed by atoms with E-state index in [2.05, 4.69) is 15.5 Å². The first-order valence-corrected chi connectivity index (χ1v) is 8.36. The maximum atomic E-state index is 12.4. The second-order valence-corrected chi connectivity index (χ2v) is 5.78. The number of nitrogens with one attached hydrogen (secondary N) is 2. The van der Waals surface area contributed by atoms with Crippen LogP contribution in [0.1, 0.15) is 23.0 Å². The molecule has 0 aliphatic heterocycles. The smallest absolute Gasteiger partial charge is 0.269 e. The highest BCUT2D eigenvalue weighted by molar-refractivity contribution is 6.33. The van der Waals surface area contributed by atoms with Gasteiger partial charge in [0.2, 0.25) is 0 Å². The highest BCUT2D eigenvalue weighted by atomic mass is 35.5. The third kappa shape index (κ3) is 4.00. The Balaban J connectivity index is 1.70. The number of halogens is 1. The highest BCUT2D eigenvalue weighted by Crippen LogP contribution is 2.26. The molecular weight excluding hydrogens is 338 g/mol. The fourth-order valence-electron chi connectivity index (χ4n) is 2.46. The second kappa shape index (κ2) is 7.85. The van der Waals surface area contributed by atoms with Crippen molar-refractivity contribution in [3.8, 4) is 17.0 Å². The molecule has 128 valence electrons. The lowest BCUT2D eigenvalue weighted by molar-refractivity contribution is 0.0945. The first-order chi connectivity index (χ1) is 12.2. The SMILES string of the molecule is CCOc1ccccc1CNC(=O)c1cc(-c2ccccc2Cl)n[nH]1. The number of carbonyl (C=O) groups excluding carboxylic acids is 1. The van der Waals surface area contributed by atoms with Crippen LogP contribution in [0.5, 0.6) is 5.75 Å². The Morgan fingerprint density at radius 1 is 1.20 bits per heavy atom. The summed E-state index contributed by atoms with van der Waals surface area (Å²) in [7, 11) is 0. The van der Waals surface area contributed by atoms with Crippen LogP contribution >= 0.6 is 11.6 Å². The van der Waals surface area contributed by atoms with Gasteiger partial charge in [-0.25, -0.2) is 0 Å². The van der Waals surface area contributed by atoms with Gasteiger partial charge < -0.3 is 10.1 Å². The summed E-state index contributed by atoms with van der Waals surface area (Å²) in [5.74, 6) is 0.531. The third-order valence-corrected chi connectivity index (χ3v) is 4.01. The Morgan fingerprint density at radius 2 is 1.96 bits per heavy atom. The topological polar surface area (TPSA) is 67.0 Å². The van der Waals surface area contributed by atoms with Crippen LogP contribution in [0.15, 0.2) is 54.6 Å². The van der Waals surface area contributed by atoms with E-state index in [0.29, 0.717) is 29.6 Å². The molecule has 6 heteroatoms. The molecule has 0 aliphatic carbocycles. The number of H-pyrrole nitrogens is 1. The zero-order chi connectivity index (χ0) is 17.6. The van der Waals surface area contributed by atoms with E-state index in [1.807, 2.05) is 49.4 Å². The van der Waals surface area contributed by atoms with Gasteiger partial charge in [-0.3, -0.25) is 9.89 Å². The van der Waals surface area contributed by atoms with Crippen molar-refractivity contribution in [2.75, 3.05) is 6.61 Å². The minimum Gasteiger partial charge on any atom is -0.494 e. The molecule has 5 nitrogen and oxygen atoms in total. The molecule has 0 atom stereocenters. The number of carbonyl (C=O) groups is 1. The summed E-state index contributed by atoms with van der Waals surface area (Å²) >= 11 is 6.17. The van der Waals surface area contributed by atoms with Crippen LogP contribution in [0.3, 0.4) is 0 Å². The summed E-state index contributed by atoms with van der Waals surface area (Å²) in [4.78, 5) is 12.4. The molecule has 0 aliphatic rings. The van der Waals surface area contributed by atoms with Crippen molar-refractivity contribution in [3.63, 3.8) is 0 Å². The van der Waals surface area contributed by atoms with Crippen LogP contribution in [0.4, 0.5) is 0 Å². The number of aromatic amines is 1. The normalized spacial score (nSPS) is 10.5. The maximum absolute atomic E-state index is 12.4. The summed E-state index contributed by atoms with van der Waals surface area (Å²) in [5.41, 5.74) is 2.71. The van der Waals surface area contributed by atoms with Crippen molar-refractivity contribution >= 4 is 17.5 Å². The van der Waals surface area contributed by atoms with Gasteiger partial charge in [0.05, 0.1) is 17.3 Å². The van der Waals surface area contributed by atoms with E-state index in [9.17, 15) is 4.79 Å². The Kier molecular flexibility index (Phi) is 5.36. The van der Waals surface area contributed by atoms with Gasteiger partial charge in [0.25, 0.3) is 5.91 Å². The average molecular weight is 356 g/mol. The monoisotopic (exact) mass is 355 g/mol. The Morgan fingerprint density at radius 3 is 2.76 bits per heavy atom. The summed E-state index contributed by atoms with van der Waals surface area (Å²) in [6.07, 6.45) is 0. The number of rotatable bonds is 6. The number of hydrogen-bond acceptors (Lipinski definition) is 3. The molecule has 0 spiro atoms. The third-order valence-electron chi connectivity index (χ3n) is 3.68. The minimum absolute atomic E-state index is 0.239. The number of benzene rings is 2. The van der Waals surface area contributed by atoms with Gasteiger partial charge in [0.15, 0.2) is 0 Å². The Labute approximate surface area is 151 Å². The molecule has 0 bridgehead atoms. The van der Waals surface area contributed by atoms with E-state index in [0.717, 1.165) is 16.9 Å². The number of amides is 1. The van der Waals surface area contributed by atoms with E-state index in [-0.39, 0.29) is 5.91 Å². The quantitative estimate of drug-likeness (QED) is 0.700. The van der Waals surface area contributed by atoms with Crippen molar-refractivity contribution in [2.24, 2.45) is 0 Å². The number of ether oxygens (including phenoxy) is 1. The van der Waals surface area contributed by atoms with Gasteiger partial charge in [-0.2, -0.15) is 5.10 Å². The molecule has 3 rings (SSSR count). The van der Waals surface area contributed by atoms with E-state index < -0.39 is 0 Å². The highest BCUT2D eigenvalue weighted by Gasteiger charge is 2.13. The molecule has 0 saturated carbocycles. The lowest BCUT2D eigenvalue weighted by Crippen LogP contribution is -2.23. The van der Waals surface area contributed by atoms with Crippen LogP contribution in [-0.2, 0) is 6.54 Å². The first kappa shape index (κ1) is 17.0. The summed E-state index contributed by atoms with van der Waals surface area (Å²) in [6.45, 7) is 2.87. The zero-order valence-electron chi connectivity index (χ0n) is 13.8. The van der Waals surface area contributed by atoms with E-state index >= 15 is 0 Å². The molecule has 0 unspecified atom stereocenters. The van der Waals surface area contributed by atoms with Crippen molar-refractivity contribution in [3.05, 3.63) is 70.9 Å². The van der Waals surface area contributed by atoms with Crippen molar-refractivity contribution in [1.29, 1.82) is 0 Å². The summed E-state index contributed by atoms with van der Waals surface area (Å²) in [5, 5.41) is 10.4. The van der Waals surface area contributed by atoms with Crippen LogP contribution < -0.4 is 10.1 Å². The predicted molar refractivity (Wildman–Crippen MR) is 97.8 cm³/mol. The van der Waals surface area contributed by atoms with Crippen molar-refractivity contribution < 1.29 is 9.53 Å². The van der Waals surface area contributed by atoms with E-state index in [1.54, 1.807) is 12.1 Å². The number of hydrogen-bond donors (Lipinski definition) is 2. The standard InChI is InChI=1S/C19H18ClN3O2/c1-2-25-18-10-6-3-7-13(18)12-21-19(24)17-11-16(22-23-17)14-8-4-5-9-15(14)20/h3-11H,2,12H2,1H3,(H,21,24)(H,22,23). The Bertz CT molecular complexity index is 876. The van der Waals surface area contributed by atoms with Gasteiger partial charge in [-0.15, -0.1) is 0 Å². The minimum atomic E-state index is -0.239. The maximum Gasteiger partial charge on any atom is 0.269 e. The van der Waals surface area contributed by atoms with Gasteiger partial charge in [0, 0.05) is 17.7 Å². The second-order valence-electron chi connectivity index (χ2n) is 5.37. The van der Waals surface area contributed by atoms with Crippen LogP contribution in [-0.4, -0.2) is 22.7 Å². The molecular formula is C19H18ClN3O2. The molecule has 3 aromatic rings. The first-order valence-electron chi connectivity index (χ1n) is 7.98. The van der Waals surface area contributed by atoms with Crippen LogP contribution in [0.25, 0.3) is 11.3 Å². The van der Waals surface area contributed by atoms with E-state index in [4.69, 9.17) is 16.3 Å². The molecule has 2 N–H and O–H groups in total. The number of aromatic nitrogens is 2. The fraction of sp³-hybridized carbons (Fsp3) is 0.158. The van der Waals surface area contributed by atoms with Crippen molar-refractivity contribution in [2.45, 2.75) is 13.5 Å². The molecule has 1 amide bonds. The number of nitrogens with zero attached hydrogens (tertiary/aromatic N) is 1. The van der Waals surface area contributed by atoms with Crippen molar-refractivity contribution in [1.82, 2.24) is 15.5 Å². The molecule has 0 radical (unpaired) electrons. The van der Waals surface area contributed by atoms with Gasteiger partial charge >= 0.3 is 0 Å². The Hall–Kier alpha value is -2.79. The predicted octanol–water partition coefficient (Wildman–Crippen LogP) is 4.06. The summed E-state index contributed by atoms with van der Waals surface area (Å²) < 4.78 is 5.56. The van der Waals surface area contributed by atoms with E-state index in [1.165, 1.54) is 0 Å². The molecule has 1 aromatic heterocycles. The van der Waals surface area contributed by atoms with Crippen LogP contribution in [0, 0.1) is 0 Å². The average Bonchev–Trinajstić information content (AvgIpc) is 3.11.